The van der Waals surface area contributed by atoms with Gasteiger partial charge in [-0.25, -0.2) is 9.18 Å². The molecule has 0 spiro atoms. The van der Waals surface area contributed by atoms with Crippen molar-refractivity contribution in [3.63, 3.8) is 0 Å². The molecule has 0 amide bonds. The van der Waals surface area contributed by atoms with Crippen LogP contribution in [0, 0.1) is 0 Å². The van der Waals surface area contributed by atoms with Gasteiger partial charge in [-0.15, -0.1) is 0 Å². The lowest BCUT2D eigenvalue weighted by atomic mass is 10.1. The molecule has 0 fully saturated rings. The average molecular weight is 142 g/mol. The van der Waals surface area contributed by atoms with E-state index in [1.807, 2.05) is 0 Å². The van der Waals surface area contributed by atoms with Gasteiger partial charge >= 0.3 is 5.97 Å². The van der Waals surface area contributed by atoms with E-state index in [2.05, 4.69) is 0 Å². The Balaban J connectivity index is 2.90. The Bertz CT molecular complexity index is 216. The minimum absolute atomic E-state index is 0.203. The van der Waals surface area contributed by atoms with E-state index in [0.29, 0.717) is 6.42 Å². The summed E-state index contributed by atoms with van der Waals surface area (Å²) in [5, 5.41) is 8.36. The van der Waals surface area contributed by atoms with Crippen LogP contribution in [0.15, 0.2) is 23.6 Å². The second-order valence-electron chi connectivity index (χ2n) is 2.06. The van der Waals surface area contributed by atoms with Gasteiger partial charge in [0.1, 0.15) is 5.83 Å². The minimum atomic E-state index is -1.19. The molecule has 0 saturated heterocycles. The van der Waals surface area contributed by atoms with E-state index in [4.69, 9.17) is 5.11 Å². The number of aliphatic carboxylic acids is 1. The van der Waals surface area contributed by atoms with E-state index in [0.717, 1.165) is 0 Å². The second-order valence-corrected chi connectivity index (χ2v) is 2.06. The van der Waals surface area contributed by atoms with Crippen molar-refractivity contribution in [2.24, 2.45) is 0 Å². The predicted octanol–water partition coefficient (Wildman–Crippen LogP) is 1.64. The second kappa shape index (κ2) is 2.64. The normalized spacial score (nSPS) is 17.7. The van der Waals surface area contributed by atoms with Gasteiger partial charge in [0, 0.05) is 6.42 Å². The molecule has 0 aromatic heterocycles. The topological polar surface area (TPSA) is 37.3 Å². The molecule has 3 heteroatoms. The Morgan fingerprint density at radius 1 is 1.70 bits per heavy atom. The Morgan fingerprint density at radius 3 is 2.80 bits per heavy atom. The van der Waals surface area contributed by atoms with Crippen LogP contribution in [0.4, 0.5) is 4.39 Å². The Morgan fingerprint density at radius 2 is 2.40 bits per heavy atom. The molecule has 0 radical (unpaired) electrons. The SMILES string of the molecule is O=C(O)C1=C(F)CCC=C1. The lowest BCUT2D eigenvalue weighted by molar-refractivity contribution is -0.132. The molecule has 0 bridgehead atoms. The smallest absolute Gasteiger partial charge is 0.338 e. The molecule has 0 saturated carbocycles. The van der Waals surface area contributed by atoms with Crippen molar-refractivity contribution in [2.45, 2.75) is 12.8 Å². The van der Waals surface area contributed by atoms with Gasteiger partial charge in [0.05, 0.1) is 5.57 Å². The molecule has 10 heavy (non-hydrogen) atoms. The number of carbonyl (C=O) groups is 1. The number of rotatable bonds is 1. The molecule has 1 N–H and O–H groups in total. The molecular formula is C7H7FO2. The van der Waals surface area contributed by atoms with Crippen LogP contribution in [0.5, 0.6) is 0 Å². The van der Waals surface area contributed by atoms with Gasteiger partial charge in [0.2, 0.25) is 0 Å². The van der Waals surface area contributed by atoms with E-state index in [-0.39, 0.29) is 12.0 Å². The lowest BCUT2D eigenvalue weighted by Crippen LogP contribution is -2.02. The van der Waals surface area contributed by atoms with Gasteiger partial charge in [-0.3, -0.25) is 0 Å². The maximum absolute atomic E-state index is 12.5. The molecule has 0 aliphatic heterocycles. The zero-order chi connectivity index (χ0) is 7.56. The molecule has 1 aliphatic rings. The van der Waals surface area contributed by atoms with Crippen LogP contribution in [0.1, 0.15) is 12.8 Å². The first kappa shape index (κ1) is 6.99. The first-order valence-electron chi connectivity index (χ1n) is 3.00. The van der Waals surface area contributed by atoms with Crippen molar-refractivity contribution in [1.82, 2.24) is 0 Å². The number of carboxylic acids is 1. The number of hydrogen-bond acceptors (Lipinski definition) is 1. The van der Waals surface area contributed by atoms with Crippen LogP contribution in [0.2, 0.25) is 0 Å². The van der Waals surface area contributed by atoms with Crippen LogP contribution in [-0.2, 0) is 4.79 Å². The number of carboxylic acid groups (broad SMARTS) is 1. The Labute approximate surface area is 57.7 Å². The summed E-state index contributed by atoms with van der Waals surface area (Å²) >= 11 is 0. The maximum Gasteiger partial charge on any atom is 0.338 e. The molecule has 54 valence electrons. The Hall–Kier alpha value is -1.12. The van der Waals surface area contributed by atoms with E-state index in [1.54, 1.807) is 6.08 Å². The molecule has 0 heterocycles. The standard InChI is InChI=1S/C7H7FO2/c8-6-4-2-1-3-5(6)7(9)10/h1,3H,2,4H2,(H,9,10). The molecule has 2 nitrogen and oxygen atoms in total. The summed E-state index contributed by atoms with van der Waals surface area (Å²) in [5.41, 5.74) is -0.203. The summed E-state index contributed by atoms with van der Waals surface area (Å²) in [4.78, 5) is 10.2. The van der Waals surface area contributed by atoms with Crippen LogP contribution in [0.25, 0.3) is 0 Å². The van der Waals surface area contributed by atoms with Crippen molar-refractivity contribution in [3.05, 3.63) is 23.6 Å². The van der Waals surface area contributed by atoms with Crippen molar-refractivity contribution in [1.29, 1.82) is 0 Å². The summed E-state index contributed by atoms with van der Waals surface area (Å²) in [5.74, 6) is -1.71. The minimum Gasteiger partial charge on any atom is -0.478 e. The van der Waals surface area contributed by atoms with Crippen LogP contribution < -0.4 is 0 Å². The summed E-state index contributed by atoms with van der Waals surface area (Å²) in [6.07, 6.45) is 3.79. The van der Waals surface area contributed by atoms with Crippen LogP contribution >= 0.6 is 0 Å². The first-order chi connectivity index (χ1) is 4.72. The molecule has 0 unspecified atom stereocenters. The maximum atomic E-state index is 12.5. The molecule has 0 aromatic carbocycles. The highest BCUT2D eigenvalue weighted by molar-refractivity contribution is 5.90. The lowest BCUT2D eigenvalue weighted by Gasteiger charge is -2.03. The monoisotopic (exact) mass is 142 g/mol. The van der Waals surface area contributed by atoms with Crippen molar-refractivity contribution in [3.8, 4) is 0 Å². The largest absolute Gasteiger partial charge is 0.478 e. The molecule has 0 aromatic rings. The average Bonchev–Trinajstić information content (AvgIpc) is 1.88. The number of allylic oxidation sites excluding steroid dienone is 2. The van der Waals surface area contributed by atoms with Gasteiger partial charge in [0.15, 0.2) is 0 Å². The highest BCUT2D eigenvalue weighted by Crippen LogP contribution is 2.19. The van der Waals surface area contributed by atoms with Crippen LogP contribution in [-0.4, -0.2) is 11.1 Å². The summed E-state index contributed by atoms with van der Waals surface area (Å²) < 4.78 is 12.5. The van der Waals surface area contributed by atoms with Gasteiger partial charge in [-0.2, -0.15) is 0 Å². The number of hydrogen-bond donors (Lipinski definition) is 1. The fraction of sp³-hybridized carbons (Fsp3) is 0.286. The zero-order valence-electron chi connectivity index (χ0n) is 5.30. The third-order valence-electron chi connectivity index (χ3n) is 1.34. The third kappa shape index (κ3) is 1.23. The van der Waals surface area contributed by atoms with Crippen molar-refractivity contribution < 1.29 is 14.3 Å². The van der Waals surface area contributed by atoms with E-state index in [9.17, 15) is 9.18 Å². The van der Waals surface area contributed by atoms with E-state index in [1.165, 1.54) is 6.08 Å². The summed E-state index contributed by atoms with van der Waals surface area (Å²) in [7, 11) is 0. The summed E-state index contributed by atoms with van der Waals surface area (Å²) in [6, 6.07) is 0. The van der Waals surface area contributed by atoms with Crippen molar-refractivity contribution in [2.75, 3.05) is 0 Å². The van der Waals surface area contributed by atoms with E-state index < -0.39 is 11.8 Å². The molecule has 1 rings (SSSR count). The first-order valence-corrected chi connectivity index (χ1v) is 3.00. The molecule has 1 aliphatic carbocycles. The number of halogens is 1. The zero-order valence-corrected chi connectivity index (χ0v) is 5.30. The van der Waals surface area contributed by atoms with Gasteiger partial charge in [0.25, 0.3) is 0 Å². The fourth-order valence-corrected chi connectivity index (χ4v) is 0.824. The molecule has 0 atom stereocenters. The van der Waals surface area contributed by atoms with Gasteiger partial charge in [-0.05, 0) is 12.5 Å². The molecular weight excluding hydrogens is 135 g/mol. The van der Waals surface area contributed by atoms with Crippen molar-refractivity contribution >= 4 is 5.97 Å². The van der Waals surface area contributed by atoms with Crippen LogP contribution in [0.3, 0.4) is 0 Å². The highest BCUT2D eigenvalue weighted by atomic mass is 19.1. The quantitative estimate of drug-likeness (QED) is 0.604. The highest BCUT2D eigenvalue weighted by Gasteiger charge is 2.13. The Kier molecular flexibility index (Phi) is 1.85. The third-order valence-corrected chi connectivity index (χ3v) is 1.34. The fourth-order valence-electron chi connectivity index (χ4n) is 0.824. The van der Waals surface area contributed by atoms with Gasteiger partial charge < -0.3 is 5.11 Å². The summed E-state index contributed by atoms with van der Waals surface area (Å²) in [6.45, 7) is 0. The van der Waals surface area contributed by atoms with Gasteiger partial charge in [-0.1, -0.05) is 6.08 Å². The predicted molar refractivity (Wildman–Crippen MR) is 34.1 cm³/mol. The van der Waals surface area contributed by atoms with E-state index >= 15 is 0 Å².